The van der Waals surface area contributed by atoms with Crippen LogP contribution in [0.1, 0.15) is 10.4 Å². The molecule has 2 aromatic carbocycles. The van der Waals surface area contributed by atoms with Gasteiger partial charge in [-0.1, -0.05) is 11.6 Å². The Hall–Kier alpha value is -2.53. The van der Waals surface area contributed by atoms with E-state index in [9.17, 15) is 30.7 Å². The minimum absolute atomic E-state index is 0.0315. The van der Waals surface area contributed by atoms with Crippen molar-refractivity contribution in [2.24, 2.45) is 0 Å². The van der Waals surface area contributed by atoms with E-state index in [1.807, 2.05) is 0 Å². The van der Waals surface area contributed by atoms with E-state index in [0.29, 0.717) is 17.0 Å². The first-order chi connectivity index (χ1) is 13.5. The van der Waals surface area contributed by atoms with Crippen molar-refractivity contribution < 1.29 is 35.5 Å². The molecule has 0 radical (unpaired) electrons. The molecular formula is C17H8ClF7N2OS. The summed E-state index contributed by atoms with van der Waals surface area (Å²) in [6.45, 7) is 0.0315. The highest BCUT2D eigenvalue weighted by Crippen LogP contribution is 2.38. The summed E-state index contributed by atoms with van der Waals surface area (Å²) in [5, 5.41) is 2.66. The van der Waals surface area contributed by atoms with Gasteiger partial charge < -0.3 is 10.1 Å². The first-order valence-electron chi connectivity index (χ1n) is 7.62. The van der Waals surface area contributed by atoms with Crippen LogP contribution in [-0.2, 0) is 12.7 Å². The summed E-state index contributed by atoms with van der Waals surface area (Å²) in [5.74, 6) is -7.75. The van der Waals surface area contributed by atoms with E-state index in [1.165, 1.54) is 6.20 Å². The summed E-state index contributed by atoms with van der Waals surface area (Å²) in [6.07, 6.45) is -3.57. The van der Waals surface area contributed by atoms with Crippen molar-refractivity contribution in [3.63, 3.8) is 0 Å². The molecule has 0 saturated carbocycles. The van der Waals surface area contributed by atoms with E-state index in [4.69, 9.17) is 16.3 Å². The maximum atomic E-state index is 14.0. The summed E-state index contributed by atoms with van der Waals surface area (Å²) < 4.78 is 98.3. The number of aromatic nitrogens is 1. The first-order valence-corrected chi connectivity index (χ1v) is 8.81. The maximum Gasteiger partial charge on any atom is 0.416 e. The highest BCUT2D eigenvalue weighted by Gasteiger charge is 2.33. The van der Waals surface area contributed by atoms with Gasteiger partial charge in [-0.3, -0.25) is 0 Å². The third-order valence-corrected chi connectivity index (χ3v) is 4.65. The largest absolute Gasteiger partial charge is 0.449 e. The molecule has 3 nitrogen and oxygen atoms in total. The van der Waals surface area contributed by atoms with Crippen molar-refractivity contribution in [2.45, 2.75) is 12.7 Å². The molecule has 0 aliphatic heterocycles. The zero-order chi connectivity index (χ0) is 21.3. The number of hydrogen-bond acceptors (Lipinski definition) is 4. The lowest BCUT2D eigenvalue weighted by Gasteiger charge is -2.15. The van der Waals surface area contributed by atoms with Crippen LogP contribution in [0.4, 0.5) is 36.4 Å². The third-order valence-electron chi connectivity index (χ3n) is 3.54. The number of thiazole rings is 1. The molecule has 0 bridgehead atoms. The van der Waals surface area contributed by atoms with Gasteiger partial charge in [-0.2, -0.15) is 13.2 Å². The van der Waals surface area contributed by atoms with Crippen LogP contribution in [0.15, 0.2) is 30.5 Å². The minimum Gasteiger partial charge on any atom is -0.449 e. The molecule has 0 unspecified atom stereocenters. The third kappa shape index (κ3) is 4.91. The number of rotatable bonds is 5. The average molecular weight is 457 g/mol. The van der Waals surface area contributed by atoms with E-state index in [1.54, 1.807) is 0 Å². The number of halogens is 8. The fourth-order valence-electron chi connectivity index (χ4n) is 2.23. The predicted molar refractivity (Wildman–Crippen MR) is 92.2 cm³/mol. The summed E-state index contributed by atoms with van der Waals surface area (Å²) in [4.78, 5) is 4.38. The molecule has 1 heterocycles. The van der Waals surface area contributed by atoms with Crippen LogP contribution in [0.25, 0.3) is 0 Å². The van der Waals surface area contributed by atoms with Gasteiger partial charge in [0, 0.05) is 23.2 Å². The number of anilines is 1. The molecule has 154 valence electrons. The van der Waals surface area contributed by atoms with Crippen LogP contribution in [0.5, 0.6) is 11.5 Å². The molecule has 12 heteroatoms. The zero-order valence-electron chi connectivity index (χ0n) is 13.9. The van der Waals surface area contributed by atoms with Crippen LogP contribution < -0.4 is 10.1 Å². The molecule has 3 aromatic rings. The number of hydrogen-bond donors (Lipinski definition) is 1. The predicted octanol–water partition coefficient (Wildman–Crippen LogP) is 6.78. The minimum atomic E-state index is -4.98. The molecule has 0 amide bonds. The topological polar surface area (TPSA) is 34.2 Å². The lowest BCUT2D eigenvalue weighted by Crippen LogP contribution is -2.08. The molecule has 3 rings (SSSR count). The van der Waals surface area contributed by atoms with Crippen LogP contribution in [0.2, 0.25) is 4.47 Å². The zero-order valence-corrected chi connectivity index (χ0v) is 15.5. The Morgan fingerprint density at radius 3 is 2.14 bits per heavy atom. The highest BCUT2D eigenvalue weighted by atomic mass is 35.5. The Balaban J connectivity index is 1.93. The quantitative estimate of drug-likeness (QED) is 0.430. The van der Waals surface area contributed by atoms with Crippen molar-refractivity contribution >= 4 is 28.6 Å². The van der Waals surface area contributed by atoms with Gasteiger partial charge in [-0.25, -0.2) is 22.5 Å². The molecule has 1 N–H and O–H groups in total. The average Bonchev–Trinajstić information content (AvgIpc) is 3.04. The highest BCUT2D eigenvalue weighted by molar-refractivity contribution is 7.15. The Labute approximate surface area is 167 Å². The standard InChI is InChI=1S/C17H8ClF7N2OS/c18-16-27-6-8(29-16)5-26-13-3-9(19)10(20)4-14(13)28-15-11(21)1-7(2-12(15)22)17(23,24)25/h1-4,6,26H,5H2. The molecular weight excluding hydrogens is 449 g/mol. The second-order valence-corrected chi connectivity index (χ2v) is 7.26. The van der Waals surface area contributed by atoms with Gasteiger partial charge in [-0.05, 0) is 12.1 Å². The number of benzene rings is 2. The Morgan fingerprint density at radius 1 is 0.966 bits per heavy atom. The molecule has 0 spiro atoms. The van der Waals surface area contributed by atoms with Gasteiger partial charge in [0.1, 0.15) is 0 Å². The van der Waals surface area contributed by atoms with E-state index in [0.717, 1.165) is 11.3 Å². The fraction of sp³-hybridized carbons (Fsp3) is 0.118. The van der Waals surface area contributed by atoms with Gasteiger partial charge in [-0.15, -0.1) is 11.3 Å². The van der Waals surface area contributed by atoms with Gasteiger partial charge in [0.25, 0.3) is 0 Å². The smallest absolute Gasteiger partial charge is 0.416 e. The molecule has 29 heavy (non-hydrogen) atoms. The summed E-state index contributed by atoms with van der Waals surface area (Å²) in [5.41, 5.74) is -1.77. The summed E-state index contributed by atoms with van der Waals surface area (Å²) in [7, 11) is 0. The van der Waals surface area contributed by atoms with Crippen molar-refractivity contribution in [3.8, 4) is 11.5 Å². The fourth-order valence-corrected chi connectivity index (χ4v) is 3.15. The van der Waals surface area contributed by atoms with Crippen molar-refractivity contribution in [1.29, 1.82) is 0 Å². The van der Waals surface area contributed by atoms with E-state index >= 15 is 0 Å². The van der Waals surface area contributed by atoms with Crippen LogP contribution >= 0.6 is 22.9 Å². The number of alkyl halides is 3. The lowest BCUT2D eigenvalue weighted by molar-refractivity contribution is -0.138. The van der Waals surface area contributed by atoms with Crippen molar-refractivity contribution in [2.75, 3.05) is 5.32 Å². The van der Waals surface area contributed by atoms with Crippen molar-refractivity contribution in [1.82, 2.24) is 4.98 Å². The van der Waals surface area contributed by atoms with Gasteiger partial charge in [0.15, 0.2) is 39.2 Å². The Morgan fingerprint density at radius 2 is 1.59 bits per heavy atom. The molecule has 1 aromatic heterocycles. The molecule has 0 aliphatic rings. The number of nitrogens with one attached hydrogen (secondary N) is 1. The Bertz CT molecular complexity index is 1030. The maximum absolute atomic E-state index is 14.0. The van der Waals surface area contributed by atoms with Gasteiger partial charge >= 0.3 is 6.18 Å². The SMILES string of the molecule is Fc1cc(NCc2cnc(Cl)s2)c(Oc2c(F)cc(C(F)(F)F)cc2F)cc1F. The van der Waals surface area contributed by atoms with Crippen molar-refractivity contribution in [3.05, 3.63) is 68.6 Å². The summed E-state index contributed by atoms with van der Waals surface area (Å²) >= 11 is 6.78. The van der Waals surface area contributed by atoms with Gasteiger partial charge in [0.2, 0.25) is 0 Å². The van der Waals surface area contributed by atoms with E-state index in [-0.39, 0.29) is 28.8 Å². The van der Waals surface area contributed by atoms with Crippen LogP contribution in [0, 0.1) is 23.3 Å². The monoisotopic (exact) mass is 456 g/mol. The second-order valence-electron chi connectivity index (χ2n) is 5.56. The lowest BCUT2D eigenvalue weighted by atomic mass is 10.2. The van der Waals surface area contributed by atoms with Crippen LogP contribution in [-0.4, -0.2) is 4.98 Å². The normalized spacial score (nSPS) is 11.6. The second kappa shape index (κ2) is 8.07. The van der Waals surface area contributed by atoms with E-state index < -0.39 is 46.5 Å². The Kier molecular flexibility index (Phi) is 5.90. The van der Waals surface area contributed by atoms with Crippen LogP contribution in [0.3, 0.4) is 0 Å². The molecule has 0 aliphatic carbocycles. The van der Waals surface area contributed by atoms with Gasteiger partial charge in [0.05, 0.1) is 17.8 Å². The molecule has 0 atom stereocenters. The molecule has 0 fully saturated rings. The first kappa shape index (κ1) is 21.2. The molecule has 0 saturated heterocycles. The van der Waals surface area contributed by atoms with E-state index in [2.05, 4.69) is 10.3 Å². The number of ether oxygens (including phenoxy) is 1. The number of nitrogens with zero attached hydrogens (tertiary/aromatic N) is 1. The summed E-state index contributed by atoms with van der Waals surface area (Å²) in [6, 6.07) is 1.25.